The van der Waals surface area contributed by atoms with Crippen LogP contribution in [0.4, 0.5) is 0 Å². The lowest BCUT2D eigenvalue weighted by Crippen LogP contribution is -2.30. The van der Waals surface area contributed by atoms with Crippen LogP contribution in [0.25, 0.3) is 0 Å². The molecule has 6 nitrogen and oxygen atoms in total. The van der Waals surface area contributed by atoms with Gasteiger partial charge in [-0.05, 0) is 44.9 Å². The van der Waals surface area contributed by atoms with Crippen LogP contribution in [0.1, 0.15) is 310 Å². The number of unbranched alkanes of at least 4 members (excludes halogenated alkanes) is 38. The van der Waals surface area contributed by atoms with Crippen molar-refractivity contribution in [2.24, 2.45) is 0 Å². The largest absolute Gasteiger partial charge is 0.462 e. The molecule has 1 unspecified atom stereocenters. The normalized spacial score (nSPS) is 12.0. The lowest BCUT2D eigenvalue weighted by Gasteiger charge is -2.18. The van der Waals surface area contributed by atoms with Gasteiger partial charge in [-0.25, -0.2) is 0 Å². The fourth-order valence-electron chi connectivity index (χ4n) is 8.32. The van der Waals surface area contributed by atoms with Crippen molar-refractivity contribution in [2.45, 2.75) is 316 Å². The summed E-state index contributed by atoms with van der Waals surface area (Å²) in [7, 11) is 0. The van der Waals surface area contributed by atoms with Gasteiger partial charge in [0, 0.05) is 19.3 Å². The molecular weight excluding hydrogens is 769 g/mol. The van der Waals surface area contributed by atoms with E-state index in [9.17, 15) is 14.4 Å². The molecule has 0 spiro atoms. The Morgan fingerprint density at radius 2 is 0.532 bits per heavy atom. The monoisotopic (exact) mass is 875 g/mol. The molecule has 0 fully saturated rings. The SMILES string of the molecule is CCCCCCCCCC/C=C\CCCCCCCCCCCCCCCCCC(=O)OCC(COC(=O)CCCCCCCCCC)OC(=O)CCCCCCCCCCC. The molecule has 0 radical (unpaired) electrons. The van der Waals surface area contributed by atoms with E-state index >= 15 is 0 Å². The zero-order chi connectivity index (χ0) is 45.1. The molecule has 0 N–H and O–H groups in total. The van der Waals surface area contributed by atoms with E-state index in [0.717, 1.165) is 57.8 Å². The van der Waals surface area contributed by atoms with Crippen molar-refractivity contribution < 1.29 is 28.6 Å². The zero-order valence-electron chi connectivity index (χ0n) is 41.9. The number of rotatable bonds is 51. The molecule has 0 saturated heterocycles. The van der Waals surface area contributed by atoms with Gasteiger partial charge >= 0.3 is 17.9 Å². The molecule has 366 valence electrons. The van der Waals surface area contributed by atoms with Gasteiger partial charge in [-0.3, -0.25) is 14.4 Å². The Morgan fingerprint density at radius 3 is 0.806 bits per heavy atom. The van der Waals surface area contributed by atoms with E-state index in [-0.39, 0.29) is 31.1 Å². The molecule has 0 aromatic rings. The van der Waals surface area contributed by atoms with Gasteiger partial charge in [-0.1, -0.05) is 258 Å². The average molecular weight is 875 g/mol. The van der Waals surface area contributed by atoms with Crippen LogP contribution in [0.3, 0.4) is 0 Å². The third-order valence-corrected chi connectivity index (χ3v) is 12.5. The number of esters is 3. The summed E-state index contributed by atoms with van der Waals surface area (Å²) in [5.41, 5.74) is 0. The first kappa shape index (κ1) is 60.2. The number of ether oxygens (including phenoxy) is 3. The molecule has 0 aromatic carbocycles. The lowest BCUT2D eigenvalue weighted by molar-refractivity contribution is -0.167. The highest BCUT2D eigenvalue weighted by Crippen LogP contribution is 2.17. The minimum atomic E-state index is -0.760. The second-order valence-corrected chi connectivity index (χ2v) is 18.9. The molecule has 0 aliphatic heterocycles. The summed E-state index contributed by atoms with van der Waals surface area (Å²) in [6.07, 6.45) is 58.1. The van der Waals surface area contributed by atoms with Gasteiger partial charge in [-0.15, -0.1) is 0 Å². The second-order valence-electron chi connectivity index (χ2n) is 18.9. The first-order valence-electron chi connectivity index (χ1n) is 27.7. The van der Waals surface area contributed by atoms with Crippen LogP contribution >= 0.6 is 0 Å². The van der Waals surface area contributed by atoms with Crippen LogP contribution < -0.4 is 0 Å². The van der Waals surface area contributed by atoms with E-state index in [0.29, 0.717) is 19.3 Å². The third kappa shape index (κ3) is 49.2. The van der Waals surface area contributed by atoms with Crippen LogP contribution in [0.15, 0.2) is 12.2 Å². The van der Waals surface area contributed by atoms with Crippen LogP contribution in [-0.2, 0) is 28.6 Å². The molecule has 0 rings (SSSR count). The van der Waals surface area contributed by atoms with Crippen LogP contribution in [0.5, 0.6) is 0 Å². The Bertz CT molecular complexity index is 962. The molecule has 62 heavy (non-hydrogen) atoms. The Labute approximate surface area is 386 Å². The van der Waals surface area contributed by atoms with Crippen LogP contribution in [-0.4, -0.2) is 37.2 Å². The fourth-order valence-corrected chi connectivity index (χ4v) is 8.32. The maximum atomic E-state index is 12.7. The van der Waals surface area contributed by atoms with Crippen LogP contribution in [0.2, 0.25) is 0 Å². The Balaban J connectivity index is 3.98. The smallest absolute Gasteiger partial charge is 0.306 e. The molecule has 0 aliphatic rings. The standard InChI is InChI=1S/C56H106O6/c1-4-7-10-13-16-19-20-21-22-23-24-25-26-27-28-29-30-31-32-33-34-35-36-38-40-43-46-49-55(58)61-52-53(51-60-54(57)48-45-42-39-18-15-12-9-6-3)62-56(59)50-47-44-41-37-17-14-11-8-5-2/h23-24,53H,4-22,25-52H2,1-3H3/b24-23-. The molecule has 0 bridgehead atoms. The zero-order valence-corrected chi connectivity index (χ0v) is 41.9. The van der Waals surface area contributed by atoms with Crippen LogP contribution in [0, 0.1) is 0 Å². The topological polar surface area (TPSA) is 78.9 Å². The summed E-state index contributed by atoms with van der Waals surface area (Å²) >= 11 is 0. The van der Waals surface area contributed by atoms with Crippen molar-refractivity contribution in [1.82, 2.24) is 0 Å². The van der Waals surface area contributed by atoms with Crippen molar-refractivity contribution in [3.05, 3.63) is 12.2 Å². The third-order valence-electron chi connectivity index (χ3n) is 12.5. The van der Waals surface area contributed by atoms with E-state index in [4.69, 9.17) is 14.2 Å². The number of hydrogen-bond acceptors (Lipinski definition) is 6. The number of carbonyl (C=O) groups is 3. The maximum Gasteiger partial charge on any atom is 0.306 e. The van der Waals surface area contributed by atoms with E-state index in [1.165, 1.54) is 212 Å². The van der Waals surface area contributed by atoms with Crippen molar-refractivity contribution in [3.63, 3.8) is 0 Å². The van der Waals surface area contributed by atoms with E-state index < -0.39 is 6.10 Å². The number of allylic oxidation sites excluding steroid dienone is 2. The molecule has 0 aliphatic carbocycles. The predicted octanol–water partition coefficient (Wildman–Crippen LogP) is 18.2. The van der Waals surface area contributed by atoms with E-state index in [2.05, 4.69) is 32.9 Å². The van der Waals surface area contributed by atoms with Gasteiger partial charge in [0.15, 0.2) is 6.10 Å². The molecule has 1 atom stereocenters. The summed E-state index contributed by atoms with van der Waals surface area (Å²) in [4.78, 5) is 37.7. The molecule has 0 aromatic heterocycles. The quantitative estimate of drug-likeness (QED) is 0.0262. The summed E-state index contributed by atoms with van der Waals surface area (Å²) in [6, 6.07) is 0. The highest BCUT2D eigenvalue weighted by molar-refractivity contribution is 5.71. The molecule has 6 heteroatoms. The Kier molecular flexibility index (Phi) is 50.2. The maximum absolute atomic E-state index is 12.7. The van der Waals surface area contributed by atoms with Gasteiger partial charge in [0.05, 0.1) is 0 Å². The first-order valence-corrected chi connectivity index (χ1v) is 27.7. The highest BCUT2D eigenvalue weighted by Gasteiger charge is 2.19. The second kappa shape index (κ2) is 51.8. The summed E-state index contributed by atoms with van der Waals surface area (Å²) < 4.78 is 16.7. The molecule has 0 heterocycles. The minimum absolute atomic E-state index is 0.0648. The number of carbonyl (C=O) groups excluding carboxylic acids is 3. The predicted molar refractivity (Wildman–Crippen MR) is 266 cm³/mol. The van der Waals surface area contributed by atoms with Crippen molar-refractivity contribution in [1.29, 1.82) is 0 Å². The molecule has 0 saturated carbocycles. The summed E-state index contributed by atoms with van der Waals surface area (Å²) in [5, 5.41) is 0. The average Bonchev–Trinajstić information content (AvgIpc) is 3.27. The van der Waals surface area contributed by atoms with Crippen molar-refractivity contribution in [2.75, 3.05) is 13.2 Å². The number of hydrogen-bond donors (Lipinski definition) is 0. The van der Waals surface area contributed by atoms with Gasteiger partial charge in [0.2, 0.25) is 0 Å². The van der Waals surface area contributed by atoms with Crippen molar-refractivity contribution in [3.8, 4) is 0 Å². The lowest BCUT2D eigenvalue weighted by atomic mass is 10.0. The highest BCUT2D eigenvalue weighted by atomic mass is 16.6. The molecule has 0 amide bonds. The van der Waals surface area contributed by atoms with Gasteiger partial charge in [0.25, 0.3) is 0 Å². The van der Waals surface area contributed by atoms with Gasteiger partial charge in [-0.2, -0.15) is 0 Å². The van der Waals surface area contributed by atoms with Gasteiger partial charge in [0.1, 0.15) is 13.2 Å². The van der Waals surface area contributed by atoms with E-state index in [1.807, 2.05) is 0 Å². The first-order chi connectivity index (χ1) is 30.5. The van der Waals surface area contributed by atoms with Crippen molar-refractivity contribution >= 4 is 17.9 Å². The Hall–Kier alpha value is -1.85. The fraction of sp³-hybridized carbons (Fsp3) is 0.911. The molecular formula is C56H106O6. The Morgan fingerprint density at radius 1 is 0.306 bits per heavy atom. The van der Waals surface area contributed by atoms with E-state index in [1.54, 1.807) is 0 Å². The minimum Gasteiger partial charge on any atom is -0.462 e. The van der Waals surface area contributed by atoms with Gasteiger partial charge < -0.3 is 14.2 Å². The summed E-state index contributed by atoms with van der Waals surface area (Å²) in [6.45, 7) is 6.62. The summed E-state index contributed by atoms with van der Waals surface area (Å²) in [5.74, 6) is -0.856.